The highest BCUT2D eigenvalue weighted by Gasteiger charge is 2.36. The predicted octanol–water partition coefficient (Wildman–Crippen LogP) is 4.34. The first-order chi connectivity index (χ1) is 16.4. The first-order valence-corrected chi connectivity index (χ1v) is 10.8. The molecule has 34 heavy (non-hydrogen) atoms. The lowest BCUT2D eigenvalue weighted by Gasteiger charge is -2.26. The summed E-state index contributed by atoms with van der Waals surface area (Å²) < 4.78 is 11.5. The van der Waals surface area contributed by atoms with Crippen LogP contribution in [0.25, 0.3) is 6.08 Å². The standard InChI is InChI=1S/C25H17BrN2O6/c1-33-21-14-15(7-12-20(21)34-24(31)16-5-3-2-4-6-16)13-19-22(29)27-25(32)28(23(19)30)18-10-8-17(26)9-11-18/h2-14H,1H3,(H,27,29,32)/b19-13+. The number of ether oxygens (including phenoxy) is 2. The number of carbonyl (C=O) groups excluding carboxylic acids is 4. The molecular weight excluding hydrogens is 504 g/mol. The van der Waals surface area contributed by atoms with Crippen molar-refractivity contribution in [1.29, 1.82) is 0 Å². The van der Waals surface area contributed by atoms with E-state index in [0.29, 0.717) is 16.8 Å². The second-order valence-electron chi connectivity index (χ2n) is 7.10. The molecule has 170 valence electrons. The Bertz CT molecular complexity index is 1320. The molecule has 4 amide bonds. The molecule has 0 spiro atoms. The Labute approximate surface area is 202 Å². The minimum Gasteiger partial charge on any atom is -0.493 e. The predicted molar refractivity (Wildman–Crippen MR) is 128 cm³/mol. The quantitative estimate of drug-likeness (QED) is 0.232. The fourth-order valence-corrected chi connectivity index (χ4v) is 3.50. The van der Waals surface area contributed by atoms with Gasteiger partial charge in [-0.3, -0.25) is 14.9 Å². The molecule has 3 aromatic carbocycles. The van der Waals surface area contributed by atoms with Crippen molar-refractivity contribution in [3.8, 4) is 11.5 Å². The van der Waals surface area contributed by atoms with Crippen molar-refractivity contribution < 1.29 is 28.7 Å². The molecule has 1 fully saturated rings. The van der Waals surface area contributed by atoms with Crippen LogP contribution in [0.2, 0.25) is 0 Å². The lowest BCUT2D eigenvalue weighted by molar-refractivity contribution is -0.122. The van der Waals surface area contributed by atoms with Gasteiger partial charge in [-0.05, 0) is 60.2 Å². The molecule has 0 aromatic heterocycles. The number of rotatable bonds is 5. The Hall–Kier alpha value is -4.24. The van der Waals surface area contributed by atoms with Crippen LogP contribution in [0.3, 0.4) is 0 Å². The normalized spacial score (nSPS) is 14.7. The number of carbonyl (C=O) groups is 4. The number of amides is 4. The van der Waals surface area contributed by atoms with Gasteiger partial charge in [0.2, 0.25) is 0 Å². The Morgan fingerprint density at radius 3 is 2.32 bits per heavy atom. The van der Waals surface area contributed by atoms with Gasteiger partial charge < -0.3 is 9.47 Å². The molecule has 1 aliphatic heterocycles. The number of hydrogen-bond donors (Lipinski definition) is 1. The molecule has 3 aromatic rings. The van der Waals surface area contributed by atoms with Crippen molar-refractivity contribution in [2.24, 2.45) is 0 Å². The Morgan fingerprint density at radius 1 is 0.941 bits per heavy atom. The summed E-state index contributed by atoms with van der Waals surface area (Å²) in [7, 11) is 1.40. The number of imide groups is 2. The van der Waals surface area contributed by atoms with E-state index in [4.69, 9.17) is 9.47 Å². The zero-order valence-electron chi connectivity index (χ0n) is 17.8. The van der Waals surface area contributed by atoms with Crippen LogP contribution in [0.4, 0.5) is 10.5 Å². The summed E-state index contributed by atoms with van der Waals surface area (Å²) in [6.07, 6.45) is 1.33. The zero-order valence-corrected chi connectivity index (χ0v) is 19.4. The van der Waals surface area contributed by atoms with Gasteiger partial charge in [0.15, 0.2) is 11.5 Å². The van der Waals surface area contributed by atoms with Crippen LogP contribution in [0.5, 0.6) is 11.5 Å². The molecule has 4 rings (SSSR count). The maximum atomic E-state index is 13.0. The van der Waals surface area contributed by atoms with Gasteiger partial charge in [0, 0.05) is 4.47 Å². The maximum absolute atomic E-state index is 13.0. The van der Waals surface area contributed by atoms with Gasteiger partial charge in [0.25, 0.3) is 11.8 Å². The average Bonchev–Trinajstić information content (AvgIpc) is 2.84. The van der Waals surface area contributed by atoms with E-state index in [1.807, 2.05) is 0 Å². The van der Waals surface area contributed by atoms with Crippen LogP contribution in [0.15, 0.2) is 82.8 Å². The van der Waals surface area contributed by atoms with E-state index in [2.05, 4.69) is 21.2 Å². The van der Waals surface area contributed by atoms with Gasteiger partial charge in [-0.25, -0.2) is 14.5 Å². The number of esters is 1. The minimum absolute atomic E-state index is 0.171. The number of barbiturate groups is 1. The van der Waals surface area contributed by atoms with Crippen molar-refractivity contribution in [3.63, 3.8) is 0 Å². The van der Waals surface area contributed by atoms with Crippen molar-refractivity contribution >= 4 is 51.5 Å². The lowest BCUT2D eigenvalue weighted by atomic mass is 10.1. The second kappa shape index (κ2) is 9.72. The van der Waals surface area contributed by atoms with Gasteiger partial charge in [-0.1, -0.05) is 40.2 Å². The first kappa shape index (κ1) is 22.9. The summed E-state index contributed by atoms with van der Waals surface area (Å²) in [4.78, 5) is 51.0. The summed E-state index contributed by atoms with van der Waals surface area (Å²) in [6, 6.07) is 18.7. The molecule has 0 saturated carbocycles. The Kier molecular flexibility index (Phi) is 6.55. The van der Waals surface area contributed by atoms with Crippen molar-refractivity contribution in [2.45, 2.75) is 0 Å². The monoisotopic (exact) mass is 520 g/mol. The number of nitrogens with zero attached hydrogens (tertiary/aromatic N) is 1. The van der Waals surface area contributed by atoms with E-state index in [1.165, 1.54) is 25.3 Å². The fraction of sp³-hybridized carbons (Fsp3) is 0.0400. The molecule has 1 N–H and O–H groups in total. The first-order valence-electron chi connectivity index (χ1n) is 9.99. The number of hydrogen-bond acceptors (Lipinski definition) is 6. The molecule has 1 saturated heterocycles. The third kappa shape index (κ3) is 4.74. The molecule has 9 heteroatoms. The minimum atomic E-state index is -0.838. The smallest absolute Gasteiger partial charge is 0.343 e. The van der Waals surface area contributed by atoms with Crippen LogP contribution in [0, 0.1) is 0 Å². The summed E-state index contributed by atoms with van der Waals surface area (Å²) >= 11 is 3.30. The third-order valence-corrected chi connectivity index (χ3v) is 5.43. The highest BCUT2D eigenvalue weighted by molar-refractivity contribution is 9.10. The van der Waals surface area contributed by atoms with Crippen LogP contribution in [-0.2, 0) is 9.59 Å². The van der Waals surface area contributed by atoms with E-state index in [9.17, 15) is 19.2 Å². The maximum Gasteiger partial charge on any atom is 0.343 e. The van der Waals surface area contributed by atoms with Crippen LogP contribution < -0.4 is 19.7 Å². The van der Waals surface area contributed by atoms with Gasteiger partial charge in [0.05, 0.1) is 18.4 Å². The van der Waals surface area contributed by atoms with E-state index < -0.39 is 23.8 Å². The van der Waals surface area contributed by atoms with Crippen LogP contribution in [0.1, 0.15) is 15.9 Å². The third-order valence-electron chi connectivity index (χ3n) is 4.90. The molecular formula is C25H17BrN2O6. The number of nitrogens with one attached hydrogen (secondary N) is 1. The van der Waals surface area contributed by atoms with E-state index in [0.717, 1.165) is 9.37 Å². The summed E-state index contributed by atoms with van der Waals surface area (Å²) in [5.74, 6) is -1.75. The highest BCUT2D eigenvalue weighted by Crippen LogP contribution is 2.30. The number of benzene rings is 3. The topological polar surface area (TPSA) is 102 Å². The number of anilines is 1. The number of halogens is 1. The molecule has 0 aliphatic carbocycles. The van der Waals surface area contributed by atoms with Crippen molar-refractivity contribution in [3.05, 3.63) is 94.0 Å². The molecule has 8 nitrogen and oxygen atoms in total. The zero-order chi connectivity index (χ0) is 24.2. The van der Waals surface area contributed by atoms with E-state index >= 15 is 0 Å². The number of methoxy groups -OCH3 is 1. The molecule has 1 aliphatic rings. The van der Waals surface area contributed by atoms with Crippen LogP contribution >= 0.6 is 15.9 Å². The molecule has 0 radical (unpaired) electrons. The van der Waals surface area contributed by atoms with Crippen molar-refractivity contribution in [1.82, 2.24) is 5.32 Å². The van der Waals surface area contributed by atoms with Crippen molar-refractivity contribution in [2.75, 3.05) is 12.0 Å². The second-order valence-corrected chi connectivity index (χ2v) is 8.02. The number of urea groups is 1. The van der Waals surface area contributed by atoms with Gasteiger partial charge in [-0.15, -0.1) is 0 Å². The Balaban J connectivity index is 1.62. The fourth-order valence-electron chi connectivity index (χ4n) is 3.24. The molecule has 1 heterocycles. The van der Waals surface area contributed by atoms with E-state index in [1.54, 1.807) is 60.7 Å². The summed E-state index contributed by atoms with van der Waals surface area (Å²) in [6.45, 7) is 0. The summed E-state index contributed by atoms with van der Waals surface area (Å²) in [5, 5.41) is 2.17. The summed E-state index contributed by atoms with van der Waals surface area (Å²) in [5.41, 5.74) is 0.876. The van der Waals surface area contributed by atoms with Gasteiger partial charge in [0.1, 0.15) is 5.57 Å². The van der Waals surface area contributed by atoms with Crippen LogP contribution in [-0.4, -0.2) is 30.9 Å². The molecule has 0 bridgehead atoms. The molecule has 0 atom stereocenters. The van der Waals surface area contributed by atoms with Gasteiger partial charge >= 0.3 is 12.0 Å². The van der Waals surface area contributed by atoms with E-state index in [-0.39, 0.29) is 17.1 Å². The SMILES string of the molecule is COc1cc(/C=C2\C(=O)NC(=O)N(c3ccc(Br)cc3)C2=O)ccc1OC(=O)c1ccccc1. The molecule has 0 unspecified atom stereocenters. The lowest BCUT2D eigenvalue weighted by Crippen LogP contribution is -2.54. The Morgan fingerprint density at radius 2 is 1.65 bits per heavy atom. The van der Waals surface area contributed by atoms with Gasteiger partial charge in [-0.2, -0.15) is 0 Å². The largest absolute Gasteiger partial charge is 0.493 e. The highest BCUT2D eigenvalue weighted by atomic mass is 79.9. The average molecular weight is 521 g/mol.